The Bertz CT molecular complexity index is 558. The van der Waals surface area contributed by atoms with Crippen molar-refractivity contribution in [2.45, 2.75) is 33.2 Å². The Morgan fingerprint density at radius 3 is 2.56 bits per heavy atom. The molecule has 1 aromatic carbocycles. The Balaban J connectivity index is 2.08. The Hall–Kier alpha value is -1.28. The maximum Gasteiger partial charge on any atom is 0.0558 e. The van der Waals surface area contributed by atoms with Crippen LogP contribution >= 0.6 is 0 Å². The SMILES string of the molecule is CC(C)(C)Cn1cc(C2COC2)c2ccccc21. The summed E-state index contributed by atoms with van der Waals surface area (Å²) in [6.07, 6.45) is 2.34. The molecule has 0 radical (unpaired) electrons. The quantitative estimate of drug-likeness (QED) is 0.782. The maximum atomic E-state index is 5.34. The molecule has 1 aliphatic heterocycles. The van der Waals surface area contributed by atoms with Gasteiger partial charge in [-0.25, -0.2) is 0 Å². The van der Waals surface area contributed by atoms with Crippen LogP contribution in [0.1, 0.15) is 32.3 Å². The molecule has 1 aromatic heterocycles. The highest BCUT2D eigenvalue weighted by molar-refractivity contribution is 5.84. The third-order valence-corrected chi connectivity index (χ3v) is 3.54. The van der Waals surface area contributed by atoms with Gasteiger partial charge in [0, 0.05) is 29.6 Å². The second-order valence-electron chi connectivity index (χ2n) is 6.52. The number of hydrogen-bond donors (Lipinski definition) is 0. The van der Waals surface area contributed by atoms with Crippen molar-refractivity contribution in [2.75, 3.05) is 13.2 Å². The van der Waals surface area contributed by atoms with Crippen molar-refractivity contribution in [3.8, 4) is 0 Å². The van der Waals surface area contributed by atoms with E-state index in [1.807, 2.05) is 0 Å². The summed E-state index contributed by atoms with van der Waals surface area (Å²) in [5, 5.41) is 1.40. The monoisotopic (exact) mass is 243 g/mol. The molecule has 0 spiro atoms. The highest BCUT2D eigenvalue weighted by Gasteiger charge is 2.25. The smallest absolute Gasteiger partial charge is 0.0558 e. The summed E-state index contributed by atoms with van der Waals surface area (Å²) >= 11 is 0. The van der Waals surface area contributed by atoms with Crippen LogP contribution in [0, 0.1) is 5.41 Å². The molecule has 1 fully saturated rings. The minimum Gasteiger partial charge on any atom is -0.380 e. The van der Waals surface area contributed by atoms with Crippen molar-refractivity contribution in [3.05, 3.63) is 36.0 Å². The fourth-order valence-electron chi connectivity index (χ4n) is 2.66. The Morgan fingerprint density at radius 1 is 1.22 bits per heavy atom. The van der Waals surface area contributed by atoms with E-state index in [0.717, 1.165) is 19.8 Å². The first-order valence-electron chi connectivity index (χ1n) is 6.70. The van der Waals surface area contributed by atoms with Crippen LogP contribution in [0.3, 0.4) is 0 Å². The first-order valence-corrected chi connectivity index (χ1v) is 6.70. The van der Waals surface area contributed by atoms with Crippen molar-refractivity contribution in [1.82, 2.24) is 4.57 Å². The number of aromatic nitrogens is 1. The van der Waals surface area contributed by atoms with Gasteiger partial charge in [0.25, 0.3) is 0 Å². The standard InChI is InChI=1S/C16H21NO/c1-16(2,3)11-17-8-14(12-9-18-10-12)13-6-4-5-7-15(13)17/h4-8,12H,9-11H2,1-3H3. The number of para-hydroxylation sites is 1. The summed E-state index contributed by atoms with van der Waals surface area (Å²) in [6.45, 7) is 9.67. The van der Waals surface area contributed by atoms with Crippen LogP contribution in [-0.4, -0.2) is 17.8 Å². The number of fused-ring (bicyclic) bond motifs is 1. The van der Waals surface area contributed by atoms with Gasteiger partial charge in [0.2, 0.25) is 0 Å². The summed E-state index contributed by atoms with van der Waals surface area (Å²) in [5.41, 5.74) is 3.12. The Labute approximate surface area is 109 Å². The van der Waals surface area contributed by atoms with Crippen molar-refractivity contribution in [1.29, 1.82) is 0 Å². The molecule has 0 aliphatic carbocycles. The third kappa shape index (κ3) is 2.05. The van der Waals surface area contributed by atoms with E-state index in [4.69, 9.17) is 4.74 Å². The lowest BCUT2D eigenvalue weighted by molar-refractivity contribution is 0.00891. The molecule has 0 bridgehead atoms. The lowest BCUT2D eigenvalue weighted by Gasteiger charge is -2.25. The van der Waals surface area contributed by atoms with Crippen LogP contribution in [-0.2, 0) is 11.3 Å². The minimum atomic E-state index is 0.301. The molecule has 96 valence electrons. The van der Waals surface area contributed by atoms with Crippen LogP contribution in [0.4, 0.5) is 0 Å². The van der Waals surface area contributed by atoms with Crippen LogP contribution in [0.2, 0.25) is 0 Å². The molecule has 0 saturated carbocycles. The third-order valence-electron chi connectivity index (χ3n) is 3.54. The largest absolute Gasteiger partial charge is 0.380 e. The molecule has 2 nitrogen and oxygen atoms in total. The van der Waals surface area contributed by atoms with Crippen LogP contribution in [0.5, 0.6) is 0 Å². The molecule has 2 heteroatoms. The molecule has 1 saturated heterocycles. The lowest BCUT2D eigenvalue weighted by Crippen LogP contribution is -2.24. The summed E-state index contributed by atoms with van der Waals surface area (Å²) in [7, 11) is 0. The van der Waals surface area contributed by atoms with E-state index in [0.29, 0.717) is 11.3 Å². The average Bonchev–Trinajstić information content (AvgIpc) is 2.54. The molecule has 0 amide bonds. The minimum absolute atomic E-state index is 0.301. The second-order valence-corrected chi connectivity index (χ2v) is 6.52. The molecule has 0 atom stereocenters. The van der Waals surface area contributed by atoms with Crippen LogP contribution < -0.4 is 0 Å². The molecule has 2 aromatic rings. The molecule has 18 heavy (non-hydrogen) atoms. The molecule has 0 unspecified atom stereocenters. The van der Waals surface area contributed by atoms with Gasteiger partial charge in [0.05, 0.1) is 13.2 Å². The molecule has 1 aliphatic rings. The fraction of sp³-hybridized carbons (Fsp3) is 0.500. The van der Waals surface area contributed by atoms with Gasteiger partial charge >= 0.3 is 0 Å². The molecule has 2 heterocycles. The average molecular weight is 243 g/mol. The van der Waals surface area contributed by atoms with Gasteiger partial charge in [0.1, 0.15) is 0 Å². The summed E-state index contributed by atoms with van der Waals surface area (Å²) in [4.78, 5) is 0. The zero-order valence-corrected chi connectivity index (χ0v) is 11.4. The highest BCUT2D eigenvalue weighted by Crippen LogP contribution is 2.33. The van der Waals surface area contributed by atoms with E-state index in [-0.39, 0.29) is 0 Å². The normalized spacial score (nSPS) is 17.1. The first kappa shape index (κ1) is 11.8. The Kier molecular flexibility index (Phi) is 2.70. The predicted octanol–water partition coefficient (Wildman–Crippen LogP) is 3.80. The number of ether oxygens (including phenoxy) is 1. The number of hydrogen-bond acceptors (Lipinski definition) is 1. The highest BCUT2D eigenvalue weighted by atomic mass is 16.5. The van der Waals surface area contributed by atoms with E-state index in [9.17, 15) is 0 Å². The summed E-state index contributed by atoms with van der Waals surface area (Å²) < 4.78 is 7.74. The van der Waals surface area contributed by atoms with Gasteiger partial charge in [-0.3, -0.25) is 0 Å². The van der Waals surface area contributed by atoms with Crippen molar-refractivity contribution in [2.24, 2.45) is 5.41 Å². The summed E-state index contributed by atoms with van der Waals surface area (Å²) in [5.74, 6) is 0.594. The van der Waals surface area contributed by atoms with E-state index < -0.39 is 0 Å². The molecular formula is C16H21NO. The lowest BCUT2D eigenvalue weighted by atomic mass is 9.97. The van der Waals surface area contributed by atoms with E-state index >= 15 is 0 Å². The van der Waals surface area contributed by atoms with Gasteiger partial charge in [-0.1, -0.05) is 39.0 Å². The Morgan fingerprint density at radius 2 is 1.94 bits per heavy atom. The zero-order chi connectivity index (χ0) is 12.8. The van der Waals surface area contributed by atoms with E-state index in [1.165, 1.54) is 16.5 Å². The maximum absolute atomic E-state index is 5.34. The number of benzene rings is 1. The van der Waals surface area contributed by atoms with Gasteiger partial charge in [0.15, 0.2) is 0 Å². The van der Waals surface area contributed by atoms with Crippen molar-refractivity contribution in [3.63, 3.8) is 0 Å². The van der Waals surface area contributed by atoms with Gasteiger partial charge < -0.3 is 9.30 Å². The second kappa shape index (κ2) is 4.13. The fourth-order valence-corrected chi connectivity index (χ4v) is 2.66. The van der Waals surface area contributed by atoms with Crippen molar-refractivity contribution >= 4 is 10.9 Å². The topological polar surface area (TPSA) is 14.2 Å². The number of rotatable bonds is 2. The first-order chi connectivity index (χ1) is 8.54. The number of nitrogens with zero attached hydrogens (tertiary/aromatic N) is 1. The van der Waals surface area contributed by atoms with E-state index in [2.05, 4.69) is 55.8 Å². The van der Waals surface area contributed by atoms with Gasteiger partial charge in [-0.05, 0) is 17.0 Å². The molecular weight excluding hydrogens is 222 g/mol. The van der Waals surface area contributed by atoms with Gasteiger partial charge in [-0.15, -0.1) is 0 Å². The van der Waals surface area contributed by atoms with Crippen LogP contribution in [0.25, 0.3) is 10.9 Å². The van der Waals surface area contributed by atoms with Gasteiger partial charge in [-0.2, -0.15) is 0 Å². The summed E-state index contributed by atoms with van der Waals surface area (Å²) in [6, 6.07) is 8.72. The van der Waals surface area contributed by atoms with Crippen molar-refractivity contribution < 1.29 is 4.74 Å². The van der Waals surface area contributed by atoms with Crippen LogP contribution in [0.15, 0.2) is 30.5 Å². The molecule has 0 N–H and O–H groups in total. The van der Waals surface area contributed by atoms with E-state index in [1.54, 1.807) is 0 Å². The predicted molar refractivity (Wildman–Crippen MR) is 75.0 cm³/mol. The molecule has 3 rings (SSSR count). The zero-order valence-electron chi connectivity index (χ0n) is 11.4.